The van der Waals surface area contributed by atoms with E-state index in [-0.39, 0.29) is 0 Å². The van der Waals surface area contributed by atoms with Crippen molar-refractivity contribution in [2.45, 2.75) is 6.42 Å². The number of likely N-dealkylation sites (N-methyl/N-ethyl adjacent to an activating group) is 1. The SMILES string of the molecule is CNCCc1c(Br)c2ccc(OC)cc2n1C. The molecule has 17 heavy (non-hydrogen) atoms. The number of rotatable bonds is 4. The fourth-order valence-electron chi connectivity index (χ4n) is 2.07. The molecule has 0 aliphatic heterocycles. The van der Waals surface area contributed by atoms with Gasteiger partial charge in [0.25, 0.3) is 0 Å². The lowest BCUT2D eigenvalue weighted by molar-refractivity contribution is 0.415. The Hall–Kier alpha value is -1.00. The Morgan fingerprint density at radius 1 is 1.41 bits per heavy atom. The van der Waals surface area contributed by atoms with Gasteiger partial charge < -0.3 is 14.6 Å². The van der Waals surface area contributed by atoms with Crippen molar-refractivity contribution in [3.63, 3.8) is 0 Å². The van der Waals surface area contributed by atoms with Gasteiger partial charge in [-0.25, -0.2) is 0 Å². The van der Waals surface area contributed by atoms with Crippen LogP contribution in [-0.4, -0.2) is 25.3 Å². The molecule has 0 amide bonds. The van der Waals surface area contributed by atoms with E-state index in [9.17, 15) is 0 Å². The number of benzene rings is 1. The van der Waals surface area contributed by atoms with Crippen LogP contribution in [0.3, 0.4) is 0 Å². The van der Waals surface area contributed by atoms with Crippen LogP contribution in [0.1, 0.15) is 5.69 Å². The third-order valence-electron chi connectivity index (χ3n) is 3.07. The fraction of sp³-hybridized carbons (Fsp3) is 0.385. The molecule has 2 aromatic rings. The van der Waals surface area contributed by atoms with Crippen LogP contribution in [0.25, 0.3) is 10.9 Å². The van der Waals surface area contributed by atoms with Gasteiger partial charge in [-0.05, 0) is 35.1 Å². The highest BCUT2D eigenvalue weighted by molar-refractivity contribution is 9.10. The zero-order chi connectivity index (χ0) is 12.4. The molecule has 4 heteroatoms. The van der Waals surface area contributed by atoms with E-state index < -0.39 is 0 Å². The van der Waals surface area contributed by atoms with Crippen LogP contribution >= 0.6 is 15.9 Å². The smallest absolute Gasteiger partial charge is 0.120 e. The van der Waals surface area contributed by atoms with Gasteiger partial charge in [0.05, 0.1) is 12.6 Å². The van der Waals surface area contributed by atoms with Crippen LogP contribution in [0.4, 0.5) is 0 Å². The molecule has 0 fully saturated rings. The molecule has 0 aliphatic rings. The summed E-state index contributed by atoms with van der Waals surface area (Å²) in [4.78, 5) is 0. The lowest BCUT2D eigenvalue weighted by atomic mass is 10.2. The van der Waals surface area contributed by atoms with Gasteiger partial charge >= 0.3 is 0 Å². The van der Waals surface area contributed by atoms with Gasteiger partial charge in [0, 0.05) is 41.6 Å². The summed E-state index contributed by atoms with van der Waals surface area (Å²) in [6.45, 7) is 0.972. The van der Waals surface area contributed by atoms with Crippen molar-refractivity contribution in [1.29, 1.82) is 0 Å². The average molecular weight is 297 g/mol. The van der Waals surface area contributed by atoms with Crippen LogP contribution in [-0.2, 0) is 13.5 Å². The van der Waals surface area contributed by atoms with E-state index in [4.69, 9.17) is 4.74 Å². The first-order valence-corrected chi connectivity index (χ1v) is 6.43. The zero-order valence-corrected chi connectivity index (χ0v) is 12.0. The quantitative estimate of drug-likeness (QED) is 0.939. The molecule has 92 valence electrons. The molecule has 0 saturated carbocycles. The molecule has 1 N–H and O–H groups in total. The van der Waals surface area contributed by atoms with Crippen molar-refractivity contribution in [1.82, 2.24) is 9.88 Å². The average Bonchev–Trinajstić information content (AvgIpc) is 2.59. The van der Waals surface area contributed by atoms with Crippen LogP contribution in [0, 0.1) is 0 Å². The summed E-state index contributed by atoms with van der Waals surface area (Å²) in [6.07, 6.45) is 1.00. The molecular weight excluding hydrogens is 280 g/mol. The van der Waals surface area contributed by atoms with Gasteiger partial charge in [-0.15, -0.1) is 0 Å². The minimum absolute atomic E-state index is 0.894. The molecule has 1 heterocycles. The van der Waals surface area contributed by atoms with E-state index >= 15 is 0 Å². The number of methoxy groups -OCH3 is 1. The monoisotopic (exact) mass is 296 g/mol. The number of nitrogens with one attached hydrogen (secondary N) is 1. The predicted molar refractivity (Wildman–Crippen MR) is 74.8 cm³/mol. The second kappa shape index (κ2) is 5.10. The van der Waals surface area contributed by atoms with Gasteiger partial charge in [-0.2, -0.15) is 0 Å². The van der Waals surface area contributed by atoms with Gasteiger partial charge in [0.2, 0.25) is 0 Å². The molecule has 0 spiro atoms. The highest BCUT2D eigenvalue weighted by Crippen LogP contribution is 2.32. The predicted octanol–water partition coefficient (Wildman–Crippen LogP) is 2.71. The Labute approximate surface area is 110 Å². The van der Waals surface area contributed by atoms with Crippen molar-refractivity contribution in [2.75, 3.05) is 20.7 Å². The summed E-state index contributed by atoms with van der Waals surface area (Å²) < 4.78 is 8.68. The summed E-state index contributed by atoms with van der Waals surface area (Å²) in [5, 5.41) is 4.41. The number of aryl methyl sites for hydroxylation is 1. The fourth-order valence-corrected chi connectivity index (χ4v) is 2.87. The van der Waals surface area contributed by atoms with Crippen LogP contribution in [0.2, 0.25) is 0 Å². The third kappa shape index (κ3) is 2.19. The topological polar surface area (TPSA) is 26.2 Å². The van der Waals surface area contributed by atoms with Crippen LogP contribution in [0.5, 0.6) is 5.75 Å². The molecule has 0 bridgehead atoms. The molecule has 3 nitrogen and oxygen atoms in total. The molecule has 0 aliphatic carbocycles. The summed E-state index contributed by atoms with van der Waals surface area (Å²) in [5.74, 6) is 0.894. The van der Waals surface area contributed by atoms with E-state index in [1.807, 2.05) is 13.1 Å². The number of fused-ring (bicyclic) bond motifs is 1. The van der Waals surface area contributed by atoms with Gasteiger partial charge in [0.15, 0.2) is 0 Å². The largest absolute Gasteiger partial charge is 0.497 e. The van der Waals surface area contributed by atoms with Gasteiger partial charge in [0.1, 0.15) is 5.75 Å². The third-order valence-corrected chi connectivity index (χ3v) is 3.96. The number of ether oxygens (including phenoxy) is 1. The minimum atomic E-state index is 0.894. The van der Waals surface area contributed by atoms with Crippen molar-refractivity contribution in [2.24, 2.45) is 7.05 Å². The number of nitrogens with zero attached hydrogens (tertiary/aromatic N) is 1. The Morgan fingerprint density at radius 3 is 2.82 bits per heavy atom. The first-order valence-electron chi connectivity index (χ1n) is 5.64. The molecule has 2 rings (SSSR count). The van der Waals surface area contributed by atoms with E-state index in [1.54, 1.807) is 7.11 Å². The van der Waals surface area contributed by atoms with Crippen molar-refractivity contribution in [3.05, 3.63) is 28.4 Å². The molecular formula is C13H17BrN2O. The summed E-state index contributed by atoms with van der Waals surface area (Å²) in [5.41, 5.74) is 2.50. The van der Waals surface area contributed by atoms with Crippen LogP contribution in [0.15, 0.2) is 22.7 Å². The molecule has 0 atom stereocenters. The Morgan fingerprint density at radius 2 is 2.18 bits per heavy atom. The maximum atomic E-state index is 5.27. The normalized spacial score (nSPS) is 11.1. The van der Waals surface area contributed by atoms with Gasteiger partial charge in [-0.1, -0.05) is 0 Å². The number of hydrogen-bond donors (Lipinski definition) is 1. The van der Waals surface area contributed by atoms with E-state index in [1.165, 1.54) is 21.1 Å². The summed E-state index contributed by atoms with van der Waals surface area (Å²) in [7, 11) is 5.76. The maximum Gasteiger partial charge on any atom is 0.120 e. The standard InChI is InChI=1S/C13H17BrN2O/c1-15-7-6-11-13(14)10-5-4-9(17-3)8-12(10)16(11)2/h4-5,8,15H,6-7H2,1-3H3. The van der Waals surface area contributed by atoms with Crippen LogP contribution < -0.4 is 10.1 Å². The highest BCUT2D eigenvalue weighted by Gasteiger charge is 2.12. The molecule has 0 saturated heterocycles. The molecule has 1 aromatic heterocycles. The number of hydrogen-bond acceptors (Lipinski definition) is 2. The first kappa shape index (κ1) is 12.5. The zero-order valence-electron chi connectivity index (χ0n) is 10.4. The van der Waals surface area contributed by atoms with Crippen molar-refractivity contribution >= 4 is 26.8 Å². The molecule has 1 aromatic carbocycles. The van der Waals surface area contributed by atoms with Crippen molar-refractivity contribution in [3.8, 4) is 5.75 Å². The van der Waals surface area contributed by atoms with Gasteiger partial charge in [-0.3, -0.25) is 0 Å². The van der Waals surface area contributed by atoms with E-state index in [0.29, 0.717) is 0 Å². The summed E-state index contributed by atoms with van der Waals surface area (Å²) >= 11 is 3.69. The first-order chi connectivity index (χ1) is 8.19. The van der Waals surface area contributed by atoms with Crippen molar-refractivity contribution < 1.29 is 4.74 Å². The van der Waals surface area contributed by atoms with E-state index in [2.05, 4.69) is 45.0 Å². The highest BCUT2D eigenvalue weighted by atomic mass is 79.9. The Balaban J connectivity index is 2.54. The molecule has 0 radical (unpaired) electrons. The lowest BCUT2D eigenvalue weighted by Crippen LogP contribution is -2.12. The maximum absolute atomic E-state index is 5.27. The second-order valence-electron chi connectivity index (χ2n) is 4.06. The minimum Gasteiger partial charge on any atom is -0.497 e. The Kier molecular flexibility index (Phi) is 3.74. The van der Waals surface area contributed by atoms with E-state index in [0.717, 1.165) is 18.7 Å². The molecule has 0 unspecified atom stereocenters. The number of aromatic nitrogens is 1. The lowest BCUT2D eigenvalue weighted by Gasteiger charge is -2.05. The summed E-state index contributed by atoms with van der Waals surface area (Å²) in [6, 6.07) is 6.17. The Bertz CT molecular complexity index is 534. The second-order valence-corrected chi connectivity index (χ2v) is 4.85. The number of halogens is 1.